The summed E-state index contributed by atoms with van der Waals surface area (Å²) in [5, 5.41) is 2.55. The van der Waals surface area contributed by atoms with Crippen molar-refractivity contribution in [3.05, 3.63) is 52.0 Å². The van der Waals surface area contributed by atoms with Crippen LogP contribution in [0.3, 0.4) is 0 Å². The Kier molecular flexibility index (Phi) is 4.99. The minimum absolute atomic E-state index is 0.0344. The molecule has 0 saturated carbocycles. The Morgan fingerprint density at radius 3 is 2.41 bits per heavy atom. The highest BCUT2D eigenvalue weighted by Gasteiger charge is 2.21. The first-order valence-electron chi connectivity index (χ1n) is 7.94. The van der Waals surface area contributed by atoms with Crippen molar-refractivity contribution < 1.29 is 17.6 Å². The van der Waals surface area contributed by atoms with E-state index in [1.165, 1.54) is 35.8 Å². The Labute approximate surface area is 159 Å². The number of oxazole rings is 1. The SMILES string of the molecule is CCn1c(=O)oc2cc(S(=O)(=O)Nc3ccc(NC(C)=O)cc3)c(Cl)cc21. The summed E-state index contributed by atoms with van der Waals surface area (Å²) in [5.41, 5.74) is 1.37. The lowest BCUT2D eigenvalue weighted by atomic mass is 10.3. The molecule has 2 N–H and O–H groups in total. The molecule has 142 valence electrons. The number of carbonyl (C=O) groups excluding carboxylic acids is 1. The number of rotatable bonds is 5. The Balaban J connectivity index is 1.96. The van der Waals surface area contributed by atoms with Crippen LogP contribution in [0.1, 0.15) is 13.8 Å². The molecular weight excluding hydrogens is 394 g/mol. The third-order valence-corrected chi connectivity index (χ3v) is 5.63. The van der Waals surface area contributed by atoms with Gasteiger partial charge in [-0.25, -0.2) is 13.2 Å². The minimum Gasteiger partial charge on any atom is -0.408 e. The van der Waals surface area contributed by atoms with E-state index < -0.39 is 15.8 Å². The monoisotopic (exact) mass is 409 g/mol. The van der Waals surface area contributed by atoms with Crippen molar-refractivity contribution in [2.45, 2.75) is 25.3 Å². The van der Waals surface area contributed by atoms with Gasteiger partial charge in [-0.15, -0.1) is 0 Å². The molecule has 0 unspecified atom stereocenters. The minimum atomic E-state index is -4.02. The molecule has 1 amide bonds. The topological polar surface area (TPSA) is 110 Å². The lowest BCUT2D eigenvalue weighted by Gasteiger charge is -2.10. The Morgan fingerprint density at radius 2 is 1.81 bits per heavy atom. The molecule has 0 aliphatic heterocycles. The van der Waals surface area contributed by atoms with Gasteiger partial charge < -0.3 is 9.73 Å². The largest absolute Gasteiger partial charge is 0.419 e. The molecule has 8 nitrogen and oxygen atoms in total. The lowest BCUT2D eigenvalue weighted by molar-refractivity contribution is -0.114. The molecule has 10 heteroatoms. The lowest BCUT2D eigenvalue weighted by Crippen LogP contribution is -2.14. The molecular formula is C17H16ClN3O5S. The fourth-order valence-electron chi connectivity index (χ4n) is 2.60. The number of fused-ring (bicyclic) bond motifs is 1. The van der Waals surface area contributed by atoms with Crippen LogP contribution >= 0.6 is 11.6 Å². The predicted octanol–water partition coefficient (Wildman–Crippen LogP) is 3.03. The van der Waals surface area contributed by atoms with E-state index in [0.717, 1.165) is 0 Å². The van der Waals surface area contributed by atoms with Gasteiger partial charge in [0.1, 0.15) is 4.90 Å². The molecule has 2 aromatic carbocycles. The van der Waals surface area contributed by atoms with Crippen molar-refractivity contribution in [3.8, 4) is 0 Å². The molecule has 3 rings (SSSR count). The average Bonchev–Trinajstić information content (AvgIpc) is 2.89. The zero-order valence-corrected chi connectivity index (χ0v) is 16.0. The molecule has 0 fully saturated rings. The molecule has 0 bridgehead atoms. The number of hydrogen-bond acceptors (Lipinski definition) is 5. The highest BCUT2D eigenvalue weighted by Crippen LogP contribution is 2.29. The zero-order valence-electron chi connectivity index (χ0n) is 14.4. The van der Waals surface area contributed by atoms with Crippen LogP contribution in [-0.4, -0.2) is 18.9 Å². The summed E-state index contributed by atoms with van der Waals surface area (Å²) < 4.78 is 34.3. The molecule has 0 radical (unpaired) electrons. The van der Waals surface area contributed by atoms with Crippen molar-refractivity contribution in [1.82, 2.24) is 4.57 Å². The smallest absolute Gasteiger partial charge is 0.408 e. The van der Waals surface area contributed by atoms with Gasteiger partial charge in [-0.1, -0.05) is 11.6 Å². The number of aryl methyl sites for hydroxylation is 1. The van der Waals surface area contributed by atoms with Gasteiger partial charge in [0, 0.05) is 30.9 Å². The molecule has 0 spiro atoms. The summed E-state index contributed by atoms with van der Waals surface area (Å²) in [6.45, 7) is 3.51. The first-order chi connectivity index (χ1) is 12.7. The number of nitrogens with one attached hydrogen (secondary N) is 2. The second-order valence-corrected chi connectivity index (χ2v) is 7.78. The zero-order chi connectivity index (χ0) is 19.8. The van der Waals surface area contributed by atoms with Gasteiger partial charge in [0.25, 0.3) is 10.0 Å². The summed E-state index contributed by atoms with van der Waals surface area (Å²) in [6, 6.07) is 8.74. The molecule has 3 aromatic rings. The fourth-order valence-corrected chi connectivity index (χ4v) is 4.20. The second-order valence-electron chi connectivity index (χ2n) is 5.73. The van der Waals surface area contributed by atoms with Gasteiger partial charge in [-0.05, 0) is 37.3 Å². The van der Waals surface area contributed by atoms with Crippen molar-refractivity contribution in [3.63, 3.8) is 0 Å². The maximum absolute atomic E-state index is 12.7. The van der Waals surface area contributed by atoms with Gasteiger partial charge >= 0.3 is 5.76 Å². The maximum Gasteiger partial charge on any atom is 0.419 e. The van der Waals surface area contributed by atoms with E-state index in [0.29, 0.717) is 17.7 Å². The van der Waals surface area contributed by atoms with E-state index in [-0.39, 0.29) is 27.1 Å². The van der Waals surface area contributed by atoms with Crippen molar-refractivity contribution in [2.24, 2.45) is 0 Å². The van der Waals surface area contributed by atoms with E-state index in [9.17, 15) is 18.0 Å². The van der Waals surface area contributed by atoms with Crippen LogP contribution in [0.25, 0.3) is 11.1 Å². The van der Waals surface area contributed by atoms with E-state index in [1.54, 1.807) is 19.1 Å². The second kappa shape index (κ2) is 7.09. The Morgan fingerprint density at radius 1 is 1.19 bits per heavy atom. The number of carbonyl (C=O) groups is 1. The third kappa shape index (κ3) is 3.83. The molecule has 0 atom stereocenters. The number of aromatic nitrogens is 1. The predicted molar refractivity (Wildman–Crippen MR) is 103 cm³/mol. The molecule has 1 aromatic heterocycles. The number of benzene rings is 2. The van der Waals surface area contributed by atoms with Crippen LogP contribution in [0, 0.1) is 0 Å². The van der Waals surface area contributed by atoms with Crippen LogP contribution in [-0.2, 0) is 21.4 Å². The van der Waals surface area contributed by atoms with Crippen LogP contribution < -0.4 is 15.8 Å². The molecule has 0 saturated heterocycles. The number of amides is 1. The molecule has 0 aliphatic rings. The van der Waals surface area contributed by atoms with Gasteiger partial charge in [-0.2, -0.15) is 0 Å². The van der Waals surface area contributed by atoms with E-state index >= 15 is 0 Å². The number of anilines is 2. The summed E-state index contributed by atoms with van der Waals surface area (Å²) in [7, 11) is -4.02. The van der Waals surface area contributed by atoms with Gasteiger partial charge in [-0.3, -0.25) is 14.1 Å². The number of nitrogens with zero attached hydrogens (tertiary/aromatic N) is 1. The summed E-state index contributed by atoms with van der Waals surface area (Å²) >= 11 is 6.15. The normalized spacial score (nSPS) is 11.5. The fraction of sp³-hybridized carbons (Fsp3) is 0.176. The standard InChI is InChI=1S/C17H16ClN3O5S/c1-3-21-14-8-13(18)16(9-15(14)26-17(21)23)27(24,25)20-12-6-4-11(5-7-12)19-10(2)22/h4-9,20H,3H2,1-2H3,(H,19,22). The van der Waals surface area contributed by atoms with E-state index in [2.05, 4.69) is 10.0 Å². The average molecular weight is 410 g/mol. The number of sulfonamides is 1. The molecule has 27 heavy (non-hydrogen) atoms. The summed E-state index contributed by atoms with van der Waals surface area (Å²) in [6.07, 6.45) is 0. The van der Waals surface area contributed by atoms with Gasteiger partial charge in [0.2, 0.25) is 5.91 Å². The number of hydrogen-bond donors (Lipinski definition) is 2. The first-order valence-corrected chi connectivity index (χ1v) is 9.80. The quantitative estimate of drug-likeness (QED) is 0.672. The third-order valence-electron chi connectivity index (χ3n) is 3.79. The van der Waals surface area contributed by atoms with E-state index in [4.69, 9.17) is 16.0 Å². The van der Waals surface area contributed by atoms with Crippen LogP contribution in [0.4, 0.5) is 11.4 Å². The molecule has 1 heterocycles. The van der Waals surface area contributed by atoms with Crippen molar-refractivity contribution >= 4 is 50.0 Å². The van der Waals surface area contributed by atoms with Crippen molar-refractivity contribution in [2.75, 3.05) is 10.0 Å². The number of halogens is 1. The maximum atomic E-state index is 12.7. The van der Waals surface area contributed by atoms with Gasteiger partial charge in [0.15, 0.2) is 5.58 Å². The Bertz CT molecular complexity index is 1180. The van der Waals surface area contributed by atoms with Gasteiger partial charge in [0.05, 0.1) is 10.5 Å². The summed E-state index contributed by atoms with van der Waals surface area (Å²) in [5.74, 6) is -0.816. The Hall–Kier alpha value is -2.78. The van der Waals surface area contributed by atoms with Crippen molar-refractivity contribution in [1.29, 1.82) is 0 Å². The highest BCUT2D eigenvalue weighted by molar-refractivity contribution is 7.92. The highest BCUT2D eigenvalue weighted by atomic mass is 35.5. The molecule has 0 aliphatic carbocycles. The summed E-state index contributed by atoms with van der Waals surface area (Å²) in [4.78, 5) is 22.6. The van der Waals surface area contributed by atoms with E-state index in [1.807, 2.05) is 0 Å². The van der Waals surface area contributed by atoms with Crippen LogP contribution in [0.2, 0.25) is 5.02 Å². The first kappa shape index (κ1) is 19.0. The van der Waals surface area contributed by atoms with Crippen LogP contribution in [0.15, 0.2) is 50.5 Å². The van der Waals surface area contributed by atoms with Crippen LogP contribution in [0.5, 0.6) is 0 Å².